The number of halogens is 1. The van der Waals surface area contributed by atoms with Crippen LogP contribution in [0.5, 0.6) is 11.5 Å². The zero-order chi connectivity index (χ0) is 20.4. The van der Waals surface area contributed by atoms with Crippen LogP contribution in [-0.4, -0.2) is 31.3 Å². The highest BCUT2D eigenvalue weighted by molar-refractivity contribution is 8.00. The number of carbonyl (C=O) groups excluding carboxylic acids is 2. The Balaban J connectivity index is 1.84. The molecule has 0 aliphatic carbocycles. The van der Waals surface area contributed by atoms with Gasteiger partial charge >= 0.3 is 0 Å². The van der Waals surface area contributed by atoms with Crippen LogP contribution in [0.15, 0.2) is 47.4 Å². The topological polar surface area (TPSA) is 76.7 Å². The summed E-state index contributed by atoms with van der Waals surface area (Å²) in [5, 5.41) is 0. The van der Waals surface area contributed by atoms with Gasteiger partial charge in [-0.05, 0) is 48.9 Å². The first-order valence-electron chi connectivity index (χ1n) is 8.82. The van der Waals surface area contributed by atoms with Crippen molar-refractivity contribution < 1.29 is 23.5 Å². The molecule has 0 spiro atoms. The van der Waals surface area contributed by atoms with E-state index in [-0.39, 0.29) is 17.5 Å². The Kier molecular flexibility index (Phi) is 8.61. The maximum absolute atomic E-state index is 12.9. The number of nitrogens with one attached hydrogen (secondary N) is 2. The Morgan fingerprint density at radius 3 is 2.50 bits per heavy atom. The first-order chi connectivity index (χ1) is 13.5. The molecule has 6 nitrogen and oxygen atoms in total. The number of unbranched alkanes of at least 4 members (excludes halogenated alkanes) is 1. The summed E-state index contributed by atoms with van der Waals surface area (Å²) in [6.07, 6.45) is 1.94. The number of carbonyl (C=O) groups is 2. The van der Waals surface area contributed by atoms with Gasteiger partial charge in [-0.15, -0.1) is 11.8 Å². The van der Waals surface area contributed by atoms with Crippen LogP contribution in [-0.2, 0) is 4.79 Å². The molecule has 28 heavy (non-hydrogen) atoms. The van der Waals surface area contributed by atoms with E-state index in [0.29, 0.717) is 23.7 Å². The lowest BCUT2D eigenvalue weighted by molar-refractivity contribution is -0.119. The van der Waals surface area contributed by atoms with Crippen LogP contribution in [0.2, 0.25) is 0 Å². The fourth-order valence-electron chi connectivity index (χ4n) is 2.17. The Morgan fingerprint density at radius 1 is 1.07 bits per heavy atom. The van der Waals surface area contributed by atoms with Crippen molar-refractivity contribution >= 4 is 23.6 Å². The largest absolute Gasteiger partial charge is 0.493 e. The molecule has 0 bridgehead atoms. The maximum atomic E-state index is 12.9. The van der Waals surface area contributed by atoms with Crippen molar-refractivity contribution in [1.29, 1.82) is 0 Å². The number of benzene rings is 2. The third-order valence-electron chi connectivity index (χ3n) is 3.68. The maximum Gasteiger partial charge on any atom is 0.269 e. The van der Waals surface area contributed by atoms with Crippen molar-refractivity contribution in [2.45, 2.75) is 24.7 Å². The predicted molar refractivity (Wildman–Crippen MR) is 106 cm³/mol. The third-order valence-corrected chi connectivity index (χ3v) is 4.69. The average Bonchev–Trinajstić information content (AvgIpc) is 2.71. The number of rotatable bonds is 9. The monoisotopic (exact) mass is 406 g/mol. The molecule has 150 valence electrons. The number of hydrazine groups is 1. The van der Waals surface area contributed by atoms with E-state index >= 15 is 0 Å². The second kappa shape index (κ2) is 11.2. The molecule has 0 saturated heterocycles. The Hall–Kier alpha value is -2.74. The molecule has 0 heterocycles. The molecule has 2 aromatic rings. The summed E-state index contributed by atoms with van der Waals surface area (Å²) in [6, 6.07) is 10.6. The van der Waals surface area contributed by atoms with Gasteiger partial charge in [0.15, 0.2) is 11.5 Å². The number of amides is 2. The second-order valence-corrected chi connectivity index (χ2v) is 6.86. The molecule has 0 aromatic heterocycles. The molecule has 0 radical (unpaired) electrons. The zero-order valence-electron chi connectivity index (χ0n) is 15.8. The van der Waals surface area contributed by atoms with E-state index in [2.05, 4.69) is 17.8 Å². The highest BCUT2D eigenvalue weighted by atomic mass is 32.2. The van der Waals surface area contributed by atoms with Crippen LogP contribution in [0.1, 0.15) is 30.1 Å². The lowest BCUT2D eigenvalue weighted by Crippen LogP contribution is -2.42. The van der Waals surface area contributed by atoms with Crippen LogP contribution in [0, 0.1) is 5.82 Å². The van der Waals surface area contributed by atoms with Crippen LogP contribution in [0.3, 0.4) is 0 Å². The number of hydrogen-bond acceptors (Lipinski definition) is 5. The van der Waals surface area contributed by atoms with E-state index in [0.717, 1.165) is 17.7 Å². The Labute approximate surface area is 167 Å². The molecular formula is C20H23FN2O4S. The Morgan fingerprint density at radius 2 is 1.82 bits per heavy atom. The van der Waals surface area contributed by atoms with Crippen LogP contribution >= 0.6 is 11.8 Å². The van der Waals surface area contributed by atoms with Crippen LogP contribution < -0.4 is 20.3 Å². The molecule has 0 fully saturated rings. The molecule has 2 amide bonds. The summed E-state index contributed by atoms with van der Waals surface area (Å²) in [5.74, 6) is -0.0976. The van der Waals surface area contributed by atoms with Gasteiger partial charge in [0, 0.05) is 10.5 Å². The van der Waals surface area contributed by atoms with E-state index in [9.17, 15) is 14.0 Å². The smallest absolute Gasteiger partial charge is 0.269 e. The van der Waals surface area contributed by atoms with Gasteiger partial charge < -0.3 is 9.47 Å². The Bertz CT molecular complexity index is 799. The summed E-state index contributed by atoms with van der Waals surface area (Å²) < 4.78 is 23.8. The van der Waals surface area contributed by atoms with Crippen LogP contribution in [0.25, 0.3) is 0 Å². The highest BCUT2D eigenvalue weighted by Crippen LogP contribution is 2.28. The molecule has 0 unspecified atom stereocenters. The van der Waals surface area contributed by atoms with Gasteiger partial charge in [-0.1, -0.05) is 13.3 Å². The van der Waals surface area contributed by atoms with Crippen molar-refractivity contribution in [3.05, 3.63) is 53.8 Å². The van der Waals surface area contributed by atoms with Gasteiger partial charge in [0.1, 0.15) is 5.82 Å². The van der Waals surface area contributed by atoms with Gasteiger partial charge in [-0.25, -0.2) is 4.39 Å². The van der Waals surface area contributed by atoms with E-state index in [1.54, 1.807) is 30.3 Å². The standard InChI is InChI=1S/C20H23FN2O4S/c1-3-4-11-27-17-10-5-14(12-18(17)26-2)20(25)23-22-19(24)13-28-16-8-6-15(21)7-9-16/h5-10,12H,3-4,11,13H2,1-2H3,(H,22,24)(H,23,25). The van der Waals surface area contributed by atoms with E-state index in [1.807, 2.05) is 0 Å². The van der Waals surface area contributed by atoms with E-state index in [4.69, 9.17) is 9.47 Å². The number of ether oxygens (including phenoxy) is 2. The zero-order valence-corrected chi connectivity index (χ0v) is 16.6. The normalized spacial score (nSPS) is 10.2. The molecule has 0 aliphatic rings. The summed E-state index contributed by atoms with van der Waals surface area (Å²) in [4.78, 5) is 24.9. The van der Waals surface area contributed by atoms with E-state index in [1.165, 1.54) is 31.0 Å². The van der Waals surface area contributed by atoms with E-state index < -0.39 is 5.91 Å². The van der Waals surface area contributed by atoms with Gasteiger partial charge in [0.05, 0.1) is 19.5 Å². The molecule has 0 saturated carbocycles. The molecule has 2 N–H and O–H groups in total. The van der Waals surface area contributed by atoms with Gasteiger partial charge in [-0.3, -0.25) is 20.4 Å². The third kappa shape index (κ3) is 6.77. The fourth-order valence-corrected chi connectivity index (χ4v) is 2.87. The molecular weight excluding hydrogens is 383 g/mol. The highest BCUT2D eigenvalue weighted by Gasteiger charge is 2.12. The minimum atomic E-state index is -0.474. The molecule has 8 heteroatoms. The minimum Gasteiger partial charge on any atom is -0.493 e. The molecule has 2 aromatic carbocycles. The SMILES string of the molecule is CCCCOc1ccc(C(=O)NNC(=O)CSc2ccc(F)cc2)cc1OC. The summed E-state index contributed by atoms with van der Waals surface area (Å²) in [7, 11) is 1.50. The summed E-state index contributed by atoms with van der Waals surface area (Å²) in [6.45, 7) is 2.64. The number of hydrogen-bond donors (Lipinski definition) is 2. The van der Waals surface area contributed by atoms with Crippen molar-refractivity contribution in [2.24, 2.45) is 0 Å². The van der Waals surface area contributed by atoms with Crippen LogP contribution in [0.4, 0.5) is 4.39 Å². The van der Waals surface area contributed by atoms with Crippen molar-refractivity contribution in [3.63, 3.8) is 0 Å². The first-order valence-corrected chi connectivity index (χ1v) is 9.80. The lowest BCUT2D eigenvalue weighted by Gasteiger charge is -2.12. The minimum absolute atomic E-state index is 0.0828. The number of thioether (sulfide) groups is 1. The van der Waals surface area contributed by atoms with Crippen molar-refractivity contribution in [2.75, 3.05) is 19.5 Å². The molecule has 2 rings (SSSR count). The van der Waals surface area contributed by atoms with Gasteiger partial charge in [0.2, 0.25) is 5.91 Å². The van der Waals surface area contributed by atoms with Gasteiger partial charge in [0.25, 0.3) is 5.91 Å². The first kappa shape index (κ1) is 21.6. The second-order valence-electron chi connectivity index (χ2n) is 5.81. The fraction of sp³-hybridized carbons (Fsp3) is 0.300. The van der Waals surface area contributed by atoms with Gasteiger partial charge in [-0.2, -0.15) is 0 Å². The summed E-state index contributed by atoms with van der Waals surface area (Å²) >= 11 is 1.24. The number of methoxy groups -OCH3 is 1. The quantitative estimate of drug-likeness (QED) is 0.378. The summed E-state index contributed by atoms with van der Waals surface area (Å²) in [5.41, 5.74) is 5.04. The van der Waals surface area contributed by atoms with Crippen molar-refractivity contribution in [1.82, 2.24) is 10.9 Å². The van der Waals surface area contributed by atoms with Crippen molar-refractivity contribution in [3.8, 4) is 11.5 Å². The average molecular weight is 406 g/mol. The molecule has 0 atom stereocenters. The predicted octanol–water partition coefficient (Wildman–Crippen LogP) is 3.57. The molecule has 0 aliphatic heterocycles. The lowest BCUT2D eigenvalue weighted by atomic mass is 10.2.